The molecule has 2 N–H and O–H groups in total. The molecule has 2 unspecified atom stereocenters. The number of hydrazine groups is 1. The molecule has 128 valence electrons. The van der Waals surface area contributed by atoms with Crippen LogP contribution in [0.5, 0.6) is 0 Å². The van der Waals surface area contributed by atoms with Crippen LogP contribution in [-0.2, 0) is 15.0 Å². The topological polar surface area (TPSA) is 58.2 Å². The van der Waals surface area contributed by atoms with Crippen molar-refractivity contribution in [2.75, 3.05) is 0 Å². The van der Waals surface area contributed by atoms with Crippen molar-refractivity contribution in [2.45, 2.75) is 57.8 Å². The van der Waals surface area contributed by atoms with Gasteiger partial charge in [-0.15, -0.1) is 0 Å². The predicted molar refractivity (Wildman–Crippen MR) is 91.9 cm³/mol. The van der Waals surface area contributed by atoms with E-state index in [2.05, 4.69) is 42.0 Å². The van der Waals surface area contributed by atoms with Crippen molar-refractivity contribution < 1.29 is 9.59 Å². The lowest BCUT2D eigenvalue weighted by molar-refractivity contribution is -0.151. The van der Waals surface area contributed by atoms with Crippen molar-refractivity contribution in [3.8, 4) is 0 Å². The van der Waals surface area contributed by atoms with Gasteiger partial charge in [-0.05, 0) is 68.3 Å². The number of aryl methyl sites for hydroxylation is 1. The van der Waals surface area contributed by atoms with E-state index in [-0.39, 0.29) is 22.6 Å². The van der Waals surface area contributed by atoms with Crippen LogP contribution in [0.3, 0.4) is 0 Å². The molecule has 0 aliphatic heterocycles. The summed E-state index contributed by atoms with van der Waals surface area (Å²) in [5.74, 6) is 1.07. The Morgan fingerprint density at radius 2 is 1.62 bits per heavy atom. The number of rotatable bonds is 2. The van der Waals surface area contributed by atoms with Gasteiger partial charge in [0.25, 0.3) is 0 Å². The first-order valence-corrected chi connectivity index (χ1v) is 9.05. The molecule has 1 aromatic rings. The van der Waals surface area contributed by atoms with E-state index < -0.39 is 0 Å². The van der Waals surface area contributed by atoms with Gasteiger partial charge in [0, 0.05) is 6.92 Å². The Hall–Kier alpha value is -1.84. The van der Waals surface area contributed by atoms with E-state index in [0.29, 0.717) is 11.8 Å². The molecule has 4 saturated carbocycles. The summed E-state index contributed by atoms with van der Waals surface area (Å²) >= 11 is 0. The summed E-state index contributed by atoms with van der Waals surface area (Å²) < 4.78 is 0. The standard InChI is InChI=1S/C20H26N2O2/c1-13-3-5-17(6-4-13)19-8-15-7-16(9-19)11-20(10-15,12-19)18(24)22-21-14(2)23/h3-6,15-16H,7-12H2,1-2H3,(H,21,23)(H,22,24)/t15-,16+,19?,20?. The lowest BCUT2D eigenvalue weighted by Gasteiger charge is -2.61. The molecule has 4 nitrogen and oxygen atoms in total. The summed E-state index contributed by atoms with van der Waals surface area (Å²) in [5, 5.41) is 0. The van der Waals surface area contributed by atoms with Crippen LogP contribution in [0.25, 0.3) is 0 Å². The van der Waals surface area contributed by atoms with Crippen LogP contribution in [0, 0.1) is 24.2 Å². The molecule has 4 atom stereocenters. The summed E-state index contributed by atoms with van der Waals surface area (Å²) in [7, 11) is 0. The van der Waals surface area contributed by atoms with Crippen LogP contribution in [0.2, 0.25) is 0 Å². The zero-order valence-corrected chi connectivity index (χ0v) is 14.5. The molecule has 0 aromatic heterocycles. The monoisotopic (exact) mass is 326 g/mol. The zero-order chi connectivity index (χ0) is 16.9. The first kappa shape index (κ1) is 15.7. The van der Waals surface area contributed by atoms with Crippen molar-refractivity contribution in [1.82, 2.24) is 10.9 Å². The van der Waals surface area contributed by atoms with Gasteiger partial charge < -0.3 is 0 Å². The minimum absolute atomic E-state index is 0.0169. The second kappa shape index (κ2) is 5.33. The average Bonchev–Trinajstić information content (AvgIpc) is 2.51. The molecular weight excluding hydrogens is 300 g/mol. The van der Waals surface area contributed by atoms with Crippen LogP contribution >= 0.6 is 0 Å². The highest BCUT2D eigenvalue weighted by Gasteiger charge is 2.60. The van der Waals surface area contributed by atoms with Crippen LogP contribution in [-0.4, -0.2) is 11.8 Å². The number of carbonyl (C=O) groups is 2. The predicted octanol–water partition coefficient (Wildman–Crippen LogP) is 3.00. The van der Waals surface area contributed by atoms with Crippen LogP contribution in [0.1, 0.15) is 56.6 Å². The molecule has 4 heteroatoms. The number of nitrogens with one attached hydrogen (secondary N) is 2. The zero-order valence-electron chi connectivity index (χ0n) is 14.5. The van der Waals surface area contributed by atoms with E-state index >= 15 is 0 Å². The molecule has 24 heavy (non-hydrogen) atoms. The first-order chi connectivity index (χ1) is 11.4. The van der Waals surface area contributed by atoms with Crippen LogP contribution < -0.4 is 10.9 Å². The normalized spacial score (nSPS) is 36.4. The third-order valence-corrected chi connectivity index (χ3v) is 6.56. The van der Waals surface area contributed by atoms with Crippen molar-refractivity contribution in [1.29, 1.82) is 0 Å². The van der Waals surface area contributed by atoms with E-state index in [9.17, 15) is 9.59 Å². The molecule has 4 fully saturated rings. The Morgan fingerprint density at radius 1 is 1.00 bits per heavy atom. The van der Waals surface area contributed by atoms with Gasteiger partial charge in [-0.3, -0.25) is 20.4 Å². The largest absolute Gasteiger partial charge is 0.274 e. The summed E-state index contributed by atoms with van der Waals surface area (Å²) in [6, 6.07) is 8.92. The lowest BCUT2D eigenvalue weighted by Crippen LogP contribution is -2.60. The maximum absolute atomic E-state index is 12.9. The van der Waals surface area contributed by atoms with E-state index in [0.717, 1.165) is 19.3 Å². The highest BCUT2D eigenvalue weighted by atomic mass is 16.2. The first-order valence-electron chi connectivity index (χ1n) is 9.05. The molecular formula is C20H26N2O2. The van der Waals surface area contributed by atoms with Gasteiger partial charge in [0.2, 0.25) is 11.8 Å². The number of hydrogen-bond acceptors (Lipinski definition) is 2. The highest BCUT2D eigenvalue weighted by Crippen LogP contribution is 2.65. The number of amides is 2. The van der Waals surface area contributed by atoms with Crippen molar-refractivity contribution in [3.05, 3.63) is 35.4 Å². The molecule has 4 aliphatic rings. The molecule has 0 radical (unpaired) electrons. The maximum atomic E-state index is 12.9. The van der Waals surface area contributed by atoms with E-state index in [4.69, 9.17) is 0 Å². The smallest absolute Gasteiger partial charge is 0.244 e. The fraction of sp³-hybridized carbons (Fsp3) is 0.600. The minimum Gasteiger partial charge on any atom is -0.274 e. The Bertz CT molecular complexity index is 665. The fourth-order valence-corrected chi connectivity index (χ4v) is 6.05. The van der Waals surface area contributed by atoms with Gasteiger partial charge >= 0.3 is 0 Å². The molecule has 2 amide bonds. The number of benzene rings is 1. The molecule has 0 saturated heterocycles. The van der Waals surface area contributed by atoms with Crippen LogP contribution in [0.15, 0.2) is 24.3 Å². The highest BCUT2D eigenvalue weighted by molar-refractivity contribution is 5.86. The van der Waals surface area contributed by atoms with Gasteiger partial charge in [-0.2, -0.15) is 0 Å². The average molecular weight is 326 g/mol. The van der Waals surface area contributed by atoms with Crippen molar-refractivity contribution in [2.24, 2.45) is 17.3 Å². The van der Waals surface area contributed by atoms with E-state index in [1.807, 2.05) is 0 Å². The molecule has 1 aromatic carbocycles. The van der Waals surface area contributed by atoms with Crippen molar-refractivity contribution >= 4 is 11.8 Å². The van der Waals surface area contributed by atoms with Gasteiger partial charge in [-0.1, -0.05) is 29.8 Å². The van der Waals surface area contributed by atoms with Gasteiger partial charge in [0.1, 0.15) is 0 Å². The van der Waals surface area contributed by atoms with Gasteiger partial charge in [0.05, 0.1) is 5.41 Å². The molecule has 0 spiro atoms. The Morgan fingerprint density at radius 3 is 2.21 bits per heavy atom. The second-order valence-corrected chi connectivity index (χ2v) is 8.52. The van der Waals surface area contributed by atoms with Gasteiger partial charge in [-0.25, -0.2) is 0 Å². The minimum atomic E-state index is -0.308. The summed E-state index contributed by atoms with van der Waals surface area (Å²) in [4.78, 5) is 24.1. The summed E-state index contributed by atoms with van der Waals surface area (Å²) in [6.45, 7) is 3.54. The molecule has 4 aliphatic carbocycles. The van der Waals surface area contributed by atoms with Crippen LogP contribution in [0.4, 0.5) is 0 Å². The Labute approximate surface area is 143 Å². The quantitative estimate of drug-likeness (QED) is 0.821. The second-order valence-electron chi connectivity index (χ2n) is 8.52. The van der Waals surface area contributed by atoms with E-state index in [1.54, 1.807) is 0 Å². The molecule has 0 heterocycles. The summed E-state index contributed by atoms with van der Waals surface area (Å²) in [5.41, 5.74) is 7.69. The van der Waals surface area contributed by atoms with E-state index in [1.165, 1.54) is 37.3 Å². The fourth-order valence-electron chi connectivity index (χ4n) is 6.05. The third kappa shape index (κ3) is 2.43. The van der Waals surface area contributed by atoms with Crippen molar-refractivity contribution in [3.63, 3.8) is 0 Å². The number of hydrogen-bond donors (Lipinski definition) is 2. The molecule has 5 rings (SSSR count). The number of carbonyl (C=O) groups excluding carboxylic acids is 2. The lowest BCUT2D eigenvalue weighted by atomic mass is 9.42. The third-order valence-electron chi connectivity index (χ3n) is 6.56. The summed E-state index contributed by atoms with van der Waals surface area (Å²) in [6.07, 6.45) is 6.55. The SMILES string of the molecule is CC(=O)NNC(=O)C12C[C@H]3C[C@@H](C1)CC(c1ccc(C)cc1)(C3)C2. The van der Waals surface area contributed by atoms with Gasteiger partial charge in [0.15, 0.2) is 0 Å². The molecule has 4 bridgehead atoms. The Kier molecular flexibility index (Phi) is 3.48. The maximum Gasteiger partial charge on any atom is 0.244 e. The Balaban J connectivity index is 1.65.